The van der Waals surface area contributed by atoms with Crippen LogP contribution in [0.25, 0.3) is 0 Å². The number of nitrogens with two attached hydrogens (primary N) is 1. The van der Waals surface area contributed by atoms with Gasteiger partial charge in [0.05, 0.1) is 12.2 Å². The van der Waals surface area contributed by atoms with Gasteiger partial charge >= 0.3 is 0 Å². The highest BCUT2D eigenvalue weighted by Gasteiger charge is 2.15. The van der Waals surface area contributed by atoms with Crippen LogP contribution >= 0.6 is 0 Å². The molecule has 86 valence electrons. The van der Waals surface area contributed by atoms with Gasteiger partial charge in [0.1, 0.15) is 5.76 Å². The zero-order valence-electron chi connectivity index (χ0n) is 9.54. The smallest absolute Gasteiger partial charge is 0.220 e. The van der Waals surface area contributed by atoms with Crippen LogP contribution in [0.3, 0.4) is 0 Å². The number of nitrogens with one attached hydrogen (secondary N) is 1. The lowest BCUT2D eigenvalue weighted by molar-refractivity contribution is -0.121. The molecule has 0 atom stereocenters. The van der Waals surface area contributed by atoms with E-state index in [0.29, 0.717) is 19.4 Å². The van der Waals surface area contributed by atoms with Gasteiger partial charge in [0.25, 0.3) is 0 Å². The third-order valence-electron chi connectivity index (χ3n) is 1.76. The molecular formula is C10H19N3O2. The zero-order chi connectivity index (χ0) is 11.7. The van der Waals surface area contributed by atoms with Gasteiger partial charge in [-0.05, 0) is 7.05 Å². The molecule has 1 aliphatic rings. The Labute approximate surface area is 90.1 Å². The monoisotopic (exact) mass is 213 g/mol. The standard InChI is InChI=1S/C7H8N2O2.C2H6.CH5N/c10-7-2-1-5-6(3-8-7)11-4-9-5;2*1-2/h4H,1-3H2,(H,8,10);1-2H3;2H2,1H3. The normalized spacial score (nSPS) is 13.2. The van der Waals surface area contributed by atoms with Crippen molar-refractivity contribution in [3.8, 4) is 0 Å². The molecule has 3 N–H and O–H groups in total. The van der Waals surface area contributed by atoms with Gasteiger partial charge in [-0.1, -0.05) is 13.8 Å². The van der Waals surface area contributed by atoms with E-state index in [2.05, 4.69) is 16.0 Å². The van der Waals surface area contributed by atoms with Crippen LogP contribution in [0, 0.1) is 0 Å². The zero-order valence-corrected chi connectivity index (χ0v) is 9.54. The largest absolute Gasteiger partial charge is 0.446 e. The second kappa shape index (κ2) is 7.99. The van der Waals surface area contributed by atoms with Crippen molar-refractivity contribution < 1.29 is 9.21 Å². The van der Waals surface area contributed by atoms with Gasteiger partial charge in [0, 0.05) is 12.8 Å². The Balaban J connectivity index is 0.000000442. The molecule has 5 nitrogen and oxygen atoms in total. The predicted molar refractivity (Wildman–Crippen MR) is 58.1 cm³/mol. The van der Waals surface area contributed by atoms with Gasteiger partial charge in [0.2, 0.25) is 5.91 Å². The summed E-state index contributed by atoms with van der Waals surface area (Å²) in [6.07, 6.45) is 2.62. The number of hydrogen-bond donors (Lipinski definition) is 2. The summed E-state index contributed by atoms with van der Waals surface area (Å²) in [5.74, 6) is 0.856. The number of hydrogen-bond acceptors (Lipinski definition) is 4. The van der Waals surface area contributed by atoms with Crippen LogP contribution in [0.1, 0.15) is 31.7 Å². The third kappa shape index (κ3) is 4.12. The molecule has 15 heavy (non-hydrogen) atoms. The predicted octanol–water partition coefficient (Wildman–Crippen LogP) is 0.838. The minimum atomic E-state index is 0.0678. The van der Waals surface area contributed by atoms with Crippen LogP contribution in [0.4, 0.5) is 0 Å². The summed E-state index contributed by atoms with van der Waals surface area (Å²) in [6.45, 7) is 4.48. The molecule has 0 spiro atoms. The van der Waals surface area contributed by atoms with Gasteiger partial charge in [-0.15, -0.1) is 0 Å². The van der Waals surface area contributed by atoms with E-state index in [9.17, 15) is 4.79 Å². The summed E-state index contributed by atoms with van der Waals surface area (Å²) in [6, 6.07) is 0. The van der Waals surface area contributed by atoms with E-state index in [0.717, 1.165) is 11.5 Å². The van der Waals surface area contributed by atoms with E-state index in [1.807, 2.05) is 13.8 Å². The fourth-order valence-electron chi connectivity index (χ4n) is 1.14. The number of aryl methyl sites for hydroxylation is 1. The minimum Gasteiger partial charge on any atom is -0.446 e. The second-order valence-electron chi connectivity index (χ2n) is 2.50. The number of rotatable bonds is 0. The quantitative estimate of drug-likeness (QED) is 0.669. The fraction of sp³-hybridized carbons (Fsp3) is 0.600. The highest BCUT2D eigenvalue weighted by atomic mass is 16.3. The first-order chi connectivity index (χ1) is 7.36. The lowest BCUT2D eigenvalue weighted by atomic mass is 10.2. The molecule has 0 saturated heterocycles. The lowest BCUT2D eigenvalue weighted by Gasteiger charge is -1.94. The molecule has 0 saturated carbocycles. The van der Waals surface area contributed by atoms with Crippen molar-refractivity contribution in [2.75, 3.05) is 7.05 Å². The van der Waals surface area contributed by atoms with E-state index < -0.39 is 0 Å². The van der Waals surface area contributed by atoms with E-state index in [4.69, 9.17) is 4.42 Å². The van der Waals surface area contributed by atoms with Crippen LogP contribution in [0.15, 0.2) is 10.8 Å². The number of fused-ring (bicyclic) bond motifs is 1. The molecule has 0 aromatic carbocycles. The molecule has 1 amide bonds. The van der Waals surface area contributed by atoms with Crippen molar-refractivity contribution in [2.45, 2.75) is 33.2 Å². The van der Waals surface area contributed by atoms with E-state index in [1.54, 1.807) is 0 Å². The third-order valence-corrected chi connectivity index (χ3v) is 1.76. The summed E-state index contributed by atoms with van der Waals surface area (Å²) in [7, 11) is 1.50. The van der Waals surface area contributed by atoms with Crippen LogP contribution in [0.5, 0.6) is 0 Å². The molecule has 1 aromatic rings. The number of oxazole rings is 1. The maximum absolute atomic E-state index is 10.9. The summed E-state index contributed by atoms with van der Waals surface area (Å²) >= 11 is 0. The number of amides is 1. The Bertz CT molecular complexity index is 259. The number of aromatic nitrogens is 1. The van der Waals surface area contributed by atoms with Gasteiger partial charge in [-0.3, -0.25) is 4.79 Å². The Morgan fingerprint density at radius 3 is 2.73 bits per heavy atom. The molecule has 0 fully saturated rings. The van der Waals surface area contributed by atoms with Crippen molar-refractivity contribution >= 4 is 5.91 Å². The molecular weight excluding hydrogens is 194 g/mol. The first-order valence-electron chi connectivity index (χ1n) is 5.12. The molecule has 0 aliphatic carbocycles. The van der Waals surface area contributed by atoms with Crippen LogP contribution < -0.4 is 11.1 Å². The van der Waals surface area contributed by atoms with Crippen LogP contribution in [0.2, 0.25) is 0 Å². The van der Waals surface area contributed by atoms with Crippen LogP contribution in [-0.2, 0) is 17.8 Å². The Hall–Kier alpha value is -1.36. The number of carbonyl (C=O) groups is 1. The molecule has 0 radical (unpaired) electrons. The summed E-state index contributed by atoms with van der Waals surface area (Å²) in [4.78, 5) is 14.9. The molecule has 0 bridgehead atoms. The highest BCUT2D eigenvalue weighted by molar-refractivity contribution is 5.76. The van der Waals surface area contributed by atoms with Crippen LogP contribution in [-0.4, -0.2) is 17.9 Å². The average Bonchev–Trinajstić information content (AvgIpc) is 2.70. The van der Waals surface area contributed by atoms with Crippen molar-refractivity contribution in [3.63, 3.8) is 0 Å². The molecule has 1 aliphatic heterocycles. The topological polar surface area (TPSA) is 81.2 Å². The van der Waals surface area contributed by atoms with Gasteiger partial charge in [0.15, 0.2) is 6.39 Å². The van der Waals surface area contributed by atoms with Crippen molar-refractivity contribution in [1.82, 2.24) is 10.3 Å². The highest BCUT2D eigenvalue weighted by Crippen LogP contribution is 2.11. The van der Waals surface area contributed by atoms with Crippen molar-refractivity contribution in [1.29, 1.82) is 0 Å². The van der Waals surface area contributed by atoms with Crippen molar-refractivity contribution in [2.24, 2.45) is 5.73 Å². The maximum Gasteiger partial charge on any atom is 0.220 e. The summed E-state index contributed by atoms with van der Waals surface area (Å²) < 4.78 is 5.06. The van der Waals surface area contributed by atoms with E-state index in [-0.39, 0.29) is 5.91 Å². The molecule has 0 unspecified atom stereocenters. The summed E-state index contributed by atoms with van der Waals surface area (Å²) in [5.41, 5.74) is 5.41. The lowest BCUT2D eigenvalue weighted by Crippen LogP contribution is -2.19. The molecule has 2 heterocycles. The fourth-order valence-corrected chi connectivity index (χ4v) is 1.14. The first-order valence-corrected chi connectivity index (χ1v) is 5.12. The van der Waals surface area contributed by atoms with Crippen molar-refractivity contribution in [3.05, 3.63) is 17.8 Å². The Morgan fingerprint density at radius 1 is 1.40 bits per heavy atom. The maximum atomic E-state index is 10.9. The first kappa shape index (κ1) is 13.6. The van der Waals surface area contributed by atoms with Gasteiger partial charge < -0.3 is 15.5 Å². The Morgan fingerprint density at radius 2 is 2.07 bits per heavy atom. The van der Waals surface area contributed by atoms with Gasteiger partial charge in [-0.25, -0.2) is 4.98 Å². The summed E-state index contributed by atoms with van der Waals surface area (Å²) in [5, 5.41) is 2.71. The van der Waals surface area contributed by atoms with E-state index >= 15 is 0 Å². The number of carbonyl (C=O) groups excluding carboxylic acids is 1. The number of nitrogens with zero attached hydrogens (tertiary/aromatic N) is 1. The molecule has 2 rings (SSSR count). The molecule has 5 heteroatoms. The SMILES string of the molecule is CC.CN.O=C1CCc2ncoc2CN1. The van der Waals surface area contributed by atoms with Gasteiger partial charge in [-0.2, -0.15) is 0 Å². The minimum absolute atomic E-state index is 0.0678. The average molecular weight is 213 g/mol. The second-order valence-corrected chi connectivity index (χ2v) is 2.50. The van der Waals surface area contributed by atoms with E-state index in [1.165, 1.54) is 13.4 Å². The Kier molecular flexibility index (Phi) is 7.27. The molecule has 1 aromatic heterocycles.